The van der Waals surface area contributed by atoms with Crippen LogP contribution in [0.3, 0.4) is 0 Å². The topological polar surface area (TPSA) is 35.5 Å². The number of likely N-dealkylation sites (tertiary alicyclic amines) is 1. The average Bonchev–Trinajstić information content (AvgIpc) is 2.37. The largest absolute Gasteiger partial charge is 0.508 e. The Morgan fingerprint density at radius 2 is 2.11 bits per heavy atom. The van der Waals surface area contributed by atoms with Crippen LogP contribution < -0.4 is 5.32 Å². The van der Waals surface area contributed by atoms with Gasteiger partial charge in [0.15, 0.2) is 0 Å². The zero-order chi connectivity index (χ0) is 13.0. The number of benzene rings is 1. The van der Waals surface area contributed by atoms with Crippen molar-refractivity contribution in [3.8, 4) is 5.75 Å². The van der Waals surface area contributed by atoms with E-state index >= 15 is 0 Å². The van der Waals surface area contributed by atoms with Crippen LogP contribution in [0.2, 0.25) is 0 Å². The summed E-state index contributed by atoms with van der Waals surface area (Å²) in [6.45, 7) is 5.70. The second-order valence-electron chi connectivity index (χ2n) is 5.49. The van der Waals surface area contributed by atoms with Crippen LogP contribution in [0.1, 0.15) is 31.4 Å². The number of nitrogens with zero attached hydrogens (tertiary/aromatic N) is 1. The Balaban J connectivity index is 1.80. The van der Waals surface area contributed by atoms with E-state index in [0.717, 1.165) is 12.5 Å². The molecule has 2 unspecified atom stereocenters. The third kappa shape index (κ3) is 3.72. The van der Waals surface area contributed by atoms with Crippen molar-refractivity contribution >= 4 is 0 Å². The maximum atomic E-state index is 9.28. The molecule has 1 fully saturated rings. The number of piperidine rings is 1. The summed E-state index contributed by atoms with van der Waals surface area (Å²) in [5.74, 6) is 1.10. The Kier molecular flexibility index (Phi) is 4.61. The molecule has 0 radical (unpaired) electrons. The first-order chi connectivity index (χ1) is 8.65. The molecule has 1 aromatic rings. The second kappa shape index (κ2) is 6.21. The molecule has 18 heavy (non-hydrogen) atoms. The van der Waals surface area contributed by atoms with Crippen molar-refractivity contribution in [3.05, 3.63) is 29.8 Å². The van der Waals surface area contributed by atoms with Crippen LogP contribution in [0.4, 0.5) is 0 Å². The molecule has 1 aromatic carbocycles. The molecular formula is C15H24N2O. The summed E-state index contributed by atoms with van der Waals surface area (Å²) >= 11 is 0. The van der Waals surface area contributed by atoms with Gasteiger partial charge in [-0.15, -0.1) is 0 Å². The smallest absolute Gasteiger partial charge is 0.115 e. The van der Waals surface area contributed by atoms with E-state index in [4.69, 9.17) is 0 Å². The molecule has 0 aromatic heterocycles. The third-order valence-corrected chi connectivity index (χ3v) is 3.83. The highest BCUT2D eigenvalue weighted by Gasteiger charge is 2.17. The van der Waals surface area contributed by atoms with Crippen molar-refractivity contribution in [2.24, 2.45) is 5.92 Å². The second-order valence-corrected chi connectivity index (χ2v) is 5.49. The summed E-state index contributed by atoms with van der Waals surface area (Å²) in [6, 6.07) is 7.82. The lowest BCUT2D eigenvalue weighted by atomic mass is 9.97. The zero-order valence-corrected chi connectivity index (χ0v) is 11.4. The Labute approximate surface area is 110 Å². The first-order valence-electron chi connectivity index (χ1n) is 6.86. The molecule has 2 rings (SSSR count). The number of phenolic OH excluding ortho intramolecular Hbond substituents is 1. The first-order valence-corrected chi connectivity index (χ1v) is 6.86. The van der Waals surface area contributed by atoms with Crippen molar-refractivity contribution < 1.29 is 5.11 Å². The normalized spacial score (nSPS) is 22.9. The number of aromatic hydroxyl groups is 1. The molecule has 1 aliphatic heterocycles. The molecule has 0 saturated carbocycles. The highest BCUT2D eigenvalue weighted by atomic mass is 16.3. The lowest BCUT2D eigenvalue weighted by Gasteiger charge is -2.30. The van der Waals surface area contributed by atoms with Crippen LogP contribution in [0.5, 0.6) is 5.75 Å². The van der Waals surface area contributed by atoms with Gasteiger partial charge in [0.25, 0.3) is 0 Å². The molecule has 3 nitrogen and oxygen atoms in total. The van der Waals surface area contributed by atoms with Crippen LogP contribution in [-0.4, -0.2) is 36.7 Å². The fourth-order valence-corrected chi connectivity index (χ4v) is 2.66. The maximum absolute atomic E-state index is 9.28. The number of hydrogen-bond donors (Lipinski definition) is 2. The fraction of sp³-hybridized carbons (Fsp3) is 0.600. The van der Waals surface area contributed by atoms with Gasteiger partial charge in [0.1, 0.15) is 5.75 Å². The minimum absolute atomic E-state index is 0.333. The quantitative estimate of drug-likeness (QED) is 0.859. The molecule has 1 saturated heterocycles. The van der Waals surface area contributed by atoms with Gasteiger partial charge < -0.3 is 15.3 Å². The van der Waals surface area contributed by atoms with E-state index in [-0.39, 0.29) is 0 Å². The SMILES string of the molecule is CC(NCC1CCCN(C)C1)c1ccc(O)cc1. The monoisotopic (exact) mass is 248 g/mol. The summed E-state index contributed by atoms with van der Waals surface area (Å²) in [5.41, 5.74) is 1.23. The van der Waals surface area contributed by atoms with Gasteiger partial charge in [-0.1, -0.05) is 12.1 Å². The van der Waals surface area contributed by atoms with Crippen LogP contribution in [0.15, 0.2) is 24.3 Å². The standard InChI is InChI=1S/C15H24N2O/c1-12(14-5-7-15(18)8-6-14)16-10-13-4-3-9-17(2)11-13/h5-8,12-13,16,18H,3-4,9-11H2,1-2H3. The van der Waals surface area contributed by atoms with Gasteiger partial charge in [-0.25, -0.2) is 0 Å². The Bertz CT molecular complexity index is 363. The van der Waals surface area contributed by atoms with Crippen molar-refractivity contribution in [2.45, 2.75) is 25.8 Å². The molecule has 2 atom stereocenters. The number of rotatable bonds is 4. The van der Waals surface area contributed by atoms with Crippen molar-refractivity contribution in [1.82, 2.24) is 10.2 Å². The van der Waals surface area contributed by atoms with Crippen LogP contribution in [0.25, 0.3) is 0 Å². The summed E-state index contributed by atoms with van der Waals surface area (Å²) < 4.78 is 0. The van der Waals surface area contributed by atoms with E-state index in [1.54, 1.807) is 12.1 Å². The molecule has 0 aliphatic carbocycles. The van der Waals surface area contributed by atoms with Crippen LogP contribution >= 0.6 is 0 Å². The molecule has 0 spiro atoms. The first kappa shape index (κ1) is 13.4. The molecule has 0 amide bonds. The zero-order valence-electron chi connectivity index (χ0n) is 11.4. The summed E-state index contributed by atoms with van der Waals surface area (Å²) in [4.78, 5) is 2.42. The molecule has 1 heterocycles. The molecule has 100 valence electrons. The highest BCUT2D eigenvalue weighted by Crippen LogP contribution is 2.18. The summed E-state index contributed by atoms with van der Waals surface area (Å²) in [5, 5.41) is 12.9. The van der Waals surface area contributed by atoms with Crippen LogP contribution in [-0.2, 0) is 0 Å². The predicted octanol–water partition coefficient (Wildman–Crippen LogP) is 2.38. The maximum Gasteiger partial charge on any atom is 0.115 e. The van der Waals surface area contributed by atoms with E-state index in [1.807, 2.05) is 12.1 Å². The lowest BCUT2D eigenvalue weighted by molar-refractivity contribution is 0.203. The van der Waals surface area contributed by atoms with E-state index in [9.17, 15) is 5.11 Å². The van der Waals surface area contributed by atoms with E-state index in [0.29, 0.717) is 11.8 Å². The molecule has 1 aliphatic rings. The molecule has 0 bridgehead atoms. The number of nitrogens with one attached hydrogen (secondary N) is 1. The Morgan fingerprint density at radius 1 is 1.39 bits per heavy atom. The minimum Gasteiger partial charge on any atom is -0.508 e. The third-order valence-electron chi connectivity index (χ3n) is 3.83. The fourth-order valence-electron chi connectivity index (χ4n) is 2.66. The van der Waals surface area contributed by atoms with Gasteiger partial charge in [-0.05, 0) is 63.5 Å². The highest BCUT2D eigenvalue weighted by molar-refractivity contribution is 5.27. The number of hydrogen-bond acceptors (Lipinski definition) is 3. The van der Waals surface area contributed by atoms with Crippen molar-refractivity contribution in [3.63, 3.8) is 0 Å². The summed E-state index contributed by atoms with van der Waals surface area (Å²) in [7, 11) is 2.20. The molecule has 3 heteroatoms. The molecule has 2 N–H and O–H groups in total. The lowest BCUT2D eigenvalue weighted by Crippen LogP contribution is -2.37. The predicted molar refractivity (Wildman–Crippen MR) is 74.7 cm³/mol. The Morgan fingerprint density at radius 3 is 2.78 bits per heavy atom. The van der Waals surface area contributed by atoms with E-state index in [2.05, 4.69) is 24.2 Å². The van der Waals surface area contributed by atoms with Crippen molar-refractivity contribution in [1.29, 1.82) is 0 Å². The number of phenols is 1. The summed E-state index contributed by atoms with van der Waals surface area (Å²) in [6.07, 6.45) is 2.65. The van der Waals surface area contributed by atoms with Gasteiger partial charge in [0.2, 0.25) is 0 Å². The van der Waals surface area contributed by atoms with E-state index in [1.165, 1.54) is 31.5 Å². The Hall–Kier alpha value is -1.06. The van der Waals surface area contributed by atoms with Gasteiger partial charge in [0, 0.05) is 12.6 Å². The van der Waals surface area contributed by atoms with Gasteiger partial charge in [0.05, 0.1) is 0 Å². The van der Waals surface area contributed by atoms with E-state index < -0.39 is 0 Å². The van der Waals surface area contributed by atoms with Gasteiger partial charge in [-0.3, -0.25) is 0 Å². The minimum atomic E-state index is 0.333. The van der Waals surface area contributed by atoms with Crippen LogP contribution in [0, 0.1) is 5.92 Å². The molecular weight excluding hydrogens is 224 g/mol. The van der Waals surface area contributed by atoms with Gasteiger partial charge >= 0.3 is 0 Å². The average molecular weight is 248 g/mol. The van der Waals surface area contributed by atoms with Gasteiger partial charge in [-0.2, -0.15) is 0 Å². The van der Waals surface area contributed by atoms with Crippen molar-refractivity contribution in [2.75, 3.05) is 26.7 Å².